The van der Waals surface area contributed by atoms with Crippen LogP contribution in [0.15, 0.2) is 78.9 Å². The van der Waals surface area contributed by atoms with E-state index >= 15 is 0 Å². The van der Waals surface area contributed by atoms with Crippen molar-refractivity contribution in [1.82, 2.24) is 4.90 Å². The first-order valence-electron chi connectivity index (χ1n) is 10.6. The van der Waals surface area contributed by atoms with Gasteiger partial charge in [0, 0.05) is 0 Å². The Morgan fingerprint density at radius 3 is 2.48 bits per heavy atom. The lowest BCUT2D eigenvalue weighted by Crippen LogP contribution is -2.46. The molecule has 1 N–H and O–H groups in total. The largest absolute Gasteiger partial charge is 0.489 e. The predicted molar refractivity (Wildman–Crippen MR) is 117 cm³/mol. The number of piperidine rings is 1. The Hall–Kier alpha value is -3.18. The second-order valence-corrected chi connectivity index (χ2v) is 7.89. The summed E-state index contributed by atoms with van der Waals surface area (Å²) in [5.74, 6) is -0.419. The summed E-state index contributed by atoms with van der Waals surface area (Å²) >= 11 is 0. The van der Waals surface area contributed by atoms with E-state index in [1.54, 1.807) is 6.07 Å². The molecular formula is C26H26FNO3. The van der Waals surface area contributed by atoms with Crippen LogP contribution in [0, 0.1) is 5.82 Å². The van der Waals surface area contributed by atoms with Gasteiger partial charge in [-0.05, 0) is 60.3 Å². The van der Waals surface area contributed by atoms with E-state index in [1.165, 1.54) is 12.1 Å². The van der Waals surface area contributed by atoms with Crippen LogP contribution in [-0.2, 0) is 11.4 Å². The molecular weight excluding hydrogens is 393 g/mol. The van der Waals surface area contributed by atoms with Crippen molar-refractivity contribution in [3.8, 4) is 5.75 Å². The molecule has 1 saturated heterocycles. The number of halogens is 1. The summed E-state index contributed by atoms with van der Waals surface area (Å²) in [6.07, 6.45) is 2.41. The van der Waals surface area contributed by atoms with Crippen molar-refractivity contribution in [2.24, 2.45) is 0 Å². The van der Waals surface area contributed by atoms with Crippen molar-refractivity contribution in [1.29, 1.82) is 0 Å². The van der Waals surface area contributed by atoms with Crippen molar-refractivity contribution in [2.75, 3.05) is 6.54 Å². The number of hydrogen-bond acceptors (Lipinski definition) is 3. The van der Waals surface area contributed by atoms with E-state index < -0.39 is 12.0 Å². The third-order valence-electron chi connectivity index (χ3n) is 5.77. The number of carboxylic acid groups (broad SMARTS) is 1. The van der Waals surface area contributed by atoms with Gasteiger partial charge in [0.25, 0.3) is 0 Å². The summed E-state index contributed by atoms with van der Waals surface area (Å²) in [4.78, 5) is 13.9. The summed E-state index contributed by atoms with van der Waals surface area (Å²) < 4.78 is 19.9. The lowest BCUT2D eigenvalue weighted by Gasteiger charge is -2.39. The fourth-order valence-corrected chi connectivity index (χ4v) is 4.27. The number of carbonyl (C=O) groups is 1. The minimum Gasteiger partial charge on any atom is -0.489 e. The highest BCUT2D eigenvalue weighted by molar-refractivity contribution is 5.73. The minimum atomic E-state index is -0.830. The van der Waals surface area contributed by atoms with E-state index in [4.69, 9.17) is 4.74 Å². The number of ether oxygens (including phenoxy) is 1. The Bertz CT molecular complexity index is 1010. The van der Waals surface area contributed by atoms with Gasteiger partial charge in [-0.2, -0.15) is 0 Å². The molecule has 4 nitrogen and oxygen atoms in total. The molecule has 3 aromatic rings. The van der Waals surface area contributed by atoms with Crippen LogP contribution in [0.2, 0.25) is 0 Å². The lowest BCUT2D eigenvalue weighted by atomic mass is 9.91. The van der Waals surface area contributed by atoms with Gasteiger partial charge in [0.05, 0.1) is 6.04 Å². The third kappa shape index (κ3) is 5.12. The molecule has 2 unspecified atom stereocenters. The van der Waals surface area contributed by atoms with Crippen molar-refractivity contribution in [3.63, 3.8) is 0 Å². The molecule has 0 aromatic heterocycles. The van der Waals surface area contributed by atoms with Gasteiger partial charge < -0.3 is 9.84 Å². The van der Waals surface area contributed by atoms with E-state index in [-0.39, 0.29) is 11.9 Å². The summed E-state index contributed by atoms with van der Waals surface area (Å²) in [5, 5.41) is 9.79. The van der Waals surface area contributed by atoms with Crippen molar-refractivity contribution >= 4 is 5.97 Å². The first-order chi connectivity index (χ1) is 15.1. The highest BCUT2D eigenvalue weighted by atomic mass is 19.1. The Labute approximate surface area is 181 Å². The van der Waals surface area contributed by atoms with Crippen LogP contribution in [-0.4, -0.2) is 28.6 Å². The van der Waals surface area contributed by atoms with Crippen molar-refractivity contribution in [2.45, 2.75) is 38.0 Å². The number of aliphatic carboxylic acids is 1. The zero-order chi connectivity index (χ0) is 21.6. The fourth-order valence-electron chi connectivity index (χ4n) is 4.27. The molecule has 31 heavy (non-hydrogen) atoms. The van der Waals surface area contributed by atoms with Crippen LogP contribution in [0.1, 0.15) is 42.0 Å². The number of likely N-dealkylation sites (tertiary alicyclic amines) is 1. The maximum absolute atomic E-state index is 14.0. The van der Waals surface area contributed by atoms with Crippen LogP contribution in [0.4, 0.5) is 4.39 Å². The highest BCUT2D eigenvalue weighted by Gasteiger charge is 2.35. The first kappa shape index (κ1) is 21.1. The SMILES string of the molecule is O=C(O)C1CCCCN1C(c1ccc(OCc2ccccc2)cc1)c1cccc(F)c1. The van der Waals surface area contributed by atoms with Gasteiger partial charge in [-0.15, -0.1) is 0 Å². The zero-order valence-electron chi connectivity index (χ0n) is 17.3. The summed E-state index contributed by atoms with van der Waals surface area (Å²) in [6, 6.07) is 23.1. The van der Waals surface area contributed by atoms with Crippen molar-refractivity contribution in [3.05, 3.63) is 101 Å². The molecule has 5 heteroatoms. The number of hydrogen-bond donors (Lipinski definition) is 1. The topological polar surface area (TPSA) is 49.8 Å². The summed E-state index contributed by atoms with van der Waals surface area (Å²) in [7, 11) is 0. The molecule has 0 saturated carbocycles. The van der Waals surface area contributed by atoms with Crippen LogP contribution in [0.25, 0.3) is 0 Å². The maximum Gasteiger partial charge on any atom is 0.320 e. The number of rotatable bonds is 7. The Kier molecular flexibility index (Phi) is 6.63. The van der Waals surface area contributed by atoms with Gasteiger partial charge in [0.1, 0.15) is 24.2 Å². The summed E-state index contributed by atoms with van der Waals surface area (Å²) in [5.41, 5.74) is 2.76. The molecule has 3 aromatic carbocycles. The molecule has 1 fully saturated rings. The third-order valence-corrected chi connectivity index (χ3v) is 5.77. The van der Waals surface area contributed by atoms with Gasteiger partial charge in [-0.25, -0.2) is 4.39 Å². The molecule has 4 rings (SSSR count). The lowest BCUT2D eigenvalue weighted by molar-refractivity contribution is -0.145. The molecule has 0 bridgehead atoms. The Balaban J connectivity index is 1.61. The Morgan fingerprint density at radius 2 is 1.77 bits per heavy atom. The number of carboxylic acids is 1. The first-order valence-corrected chi connectivity index (χ1v) is 10.6. The zero-order valence-corrected chi connectivity index (χ0v) is 17.3. The molecule has 2 atom stereocenters. The average Bonchev–Trinajstić information content (AvgIpc) is 2.80. The quantitative estimate of drug-likeness (QED) is 0.555. The van der Waals surface area contributed by atoms with Gasteiger partial charge >= 0.3 is 5.97 Å². The molecule has 0 spiro atoms. The monoisotopic (exact) mass is 419 g/mol. The van der Waals surface area contributed by atoms with Crippen LogP contribution < -0.4 is 4.74 Å². The molecule has 0 aliphatic carbocycles. The van der Waals surface area contributed by atoms with E-state index in [0.29, 0.717) is 19.6 Å². The predicted octanol–water partition coefficient (Wildman–Crippen LogP) is 5.43. The average molecular weight is 419 g/mol. The number of nitrogens with zero attached hydrogens (tertiary/aromatic N) is 1. The van der Waals surface area contributed by atoms with Crippen LogP contribution in [0.5, 0.6) is 5.75 Å². The minimum absolute atomic E-state index is 0.325. The smallest absolute Gasteiger partial charge is 0.320 e. The van der Waals surface area contributed by atoms with Gasteiger partial charge in [0.15, 0.2) is 0 Å². The van der Waals surface area contributed by atoms with E-state index in [2.05, 4.69) is 0 Å². The highest BCUT2D eigenvalue weighted by Crippen LogP contribution is 2.35. The van der Waals surface area contributed by atoms with E-state index in [1.807, 2.05) is 65.6 Å². The van der Waals surface area contributed by atoms with Gasteiger partial charge in [-0.3, -0.25) is 9.69 Å². The molecule has 1 aliphatic rings. The fraction of sp³-hybridized carbons (Fsp3) is 0.269. The normalized spacial score (nSPS) is 17.8. The van der Waals surface area contributed by atoms with Crippen LogP contribution in [0.3, 0.4) is 0 Å². The molecule has 0 radical (unpaired) electrons. The standard InChI is InChI=1S/C26H26FNO3/c27-22-10-6-9-21(17-22)25(28-16-5-4-11-24(28)26(29)30)20-12-14-23(15-13-20)31-18-19-7-2-1-3-8-19/h1-3,6-10,12-15,17,24-25H,4-5,11,16,18H2,(H,29,30). The molecule has 1 heterocycles. The van der Waals surface area contributed by atoms with Gasteiger partial charge in [0.2, 0.25) is 0 Å². The molecule has 0 amide bonds. The van der Waals surface area contributed by atoms with E-state index in [9.17, 15) is 14.3 Å². The van der Waals surface area contributed by atoms with Gasteiger partial charge in [-0.1, -0.05) is 61.0 Å². The molecule has 1 aliphatic heterocycles. The summed E-state index contributed by atoms with van der Waals surface area (Å²) in [6.45, 7) is 1.13. The maximum atomic E-state index is 14.0. The van der Waals surface area contributed by atoms with Crippen molar-refractivity contribution < 1.29 is 19.0 Å². The van der Waals surface area contributed by atoms with Crippen LogP contribution >= 0.6 is 0 Å². The molecule has 160 valence electrons. The van der Waals surface area contributed by atoms with E-state index in [0.717, 1.165) is 35.3 Å². The Morgan fingerprint density at radius 1 is 1.00 bits per heavy atom. The second-order valence-electron chi connectivity index (χ2n) is 7.89. The number of benzene rings is 3. The second kappa shape index (κ2) is 9.75.